The largest absolute Gasteiger partial charge is 0.496 e. The predicted molar refractivity (Wildman–Crippen MR) is 109 cm³/mol. The van der Waals surface area contributed by atoms with Gasteiger partial charge in [0.15, 0.2) is 11.5 Å². The molecule has 0 aliphatic heterocycles. The highest BCUT2D eigenvalue weighted by Gasteiger charge is 2.37. The first-order valence-corrected chi connectivity index (χ1v) is 9.73. The molecule has 0 atom stereocenters. The predicted octanol–water partition coefficient (Wildman–Crippen LogP) is 3.88. The van der Waals surface area contributed by atoms with Gasteiger partial charge < -0.3 is 19.5 Å². The highest BCUT2D eigenvalue weighted by molar-refractivity contribution is 5.79. The van der Waals surface area contributed by atoms with Crippen molar-refractivity contribution in [2.75, 3.05) is 27.9 Å². The van der Waals surface area contributed by atoms with E-state index >= 15 is 0 Å². The molecule has 3 rings (SSSR count). The van der Waals surface area contributed by atoms with E-state index < -0.39 is 0 Å². The van der Waals surface area contributed by atoms with Crippen LogP contribution in [0.5, 0.6) is 17.2 Å². The molecule has 1 amide bonds. The number of methoxy groups -OCH3 is 3. The Balaban J connectivity index is 1.70. The molecule has 0 heterocycles. The molecule has 1 aliphatic carbocycles. The molecule has 2 aromatic carbocycles. The quantitative estimate of drug-likeness (QED) is 0.752. The first-order valence-electron chi connectivity index (χ1n) is 9.73. The van der Waals surface area contributed by atoms with Crippen molar-refractivity contribution in [3.8, 4) is 17.2 Å². The van der Waals surface area contributed by atoms with E-state index in [4.69, 9.17) is 14.2 Å². The van der Waals surface area contributed by atoms with Gasteiger partial charge in [-0.15, -0.1) is 0 Å². The molecular weight excluding hydrogens is 354 g/mol. The second-order valence-corrected chi connectivity index (χ2v) is 7.33. The topological polar surface area (TPSA) is 56.8 Å². The number of rotatable bonds is 8. The average molecular weight is 383 g/mol. The van der Waals surface area contributed by atoms with Crippen LogP contribution in [-0.4, -0.2) is 33.8 Å². The van der Waals surface area contributed by atoms with Gasteiger partial charge in [0.1, 0.15) is 5.75 Å². The van der Waals surface area contributed by atoms with Gasteiger partial charge in [-0.3, -0.25) is 4.79 Å². The maximum atomic E-state index is 12.6. The van der Waals surface area contributed by atoms with Crippen LogP contribution < -0.4 is 19.5 Å². The van der Waals surface area contributed by atoms with Crippen molar-refractivity contribution in [1.29, 1.82) is 0 Å². The Kier molecular flexibility index (Phi) is 6.45. The Morgan fingerprint density at radius 2 is 1.61 bits per heavy atom. The summed E-state index contributed by atoms with van der Waals surface area (Å²) in [5.74, 6) is 2.20. The van der Waals surface area contributed by atoms with Crippen LogP contribution in [0.2, 0.25) is 0 Å². The van der Waals surface area contributed by atoms with E-state index in [2.05, 4.69) is 11.4 Å². The lowest BCUT2D eigenvalue weighted by molar-refractivity contribution is -0.120. The summed E-state index contributed by atoms with van der Waals surface area (Å²) in [7, 11) is 4.90. The van der Waals surface area contributed by atoms with E-state index in [0.29, 0.717) is 24.5 Å². The average Bonchev–Trinajstić information content (AvgIpc) is 3.22. The van der Waals surface area contributed by atoms with Gasteiger partial charge in [-0.2, -0.15) is 0 Å². The van der Waals surface area contributed by atoms with Gasteiger partial charge in [0.05, 0.1) is 27.8 Å². The van der Waals surface area contributed by atoms with Gasteiger partial charge in [-0.1, -0.05) is 37.1 Å². The van der Waals surface area contributed by atoms with Crippen molar-refractivity contribution in [3.63, 3.8) is 0 Å². The molecular formula is C23H29NO4. The number of benzene rings is 2. The summed E-state index contributed by atoms with van der Waals surface area (Å²) in [4.78, 5) is 12.6. The van der Waals surface area contributed by atoms with Crippen LogP contribution in [0, 0.1) is 0 Å². The fourth-order valence-corrected chi connectivity index (χ4v) is 4.18. The van der Waals surface area contributed by atoms with Crippen LogP contribution in [-0.2, 0) is 16.6 Å². The van der Waals surface area contributed by atoms with Crippen LogP contribution in [0.4, 0.5) is 0 Å². The number of carbonyl (C=O) groups excluding carboxylic acids is 1. The standard InChI is InChI=1S/C23H29NO4/c1-26-19-9-5-4-8-18(19)23(12-6-7-13-23)16-24-22(25)15-17-10-11-20(27-2)21(14-17)28-3/h4-5,8-11,14H,6-7,12-13,15-16H2,1-3H3,(H,24,25). The molecule has 0 unspecified atom stereocenters. The van der Waals surface area contributed by atoms with Gasteiger partial charge in [0.25, 0.3) is 0 Å². The van der Waals surface area contributed by atoms with Gasteiger partial charge in [0.2, 0.25) is 5.91 Å². The van der Waals surface area contributed by atoms with E-state index in [1.165, 1.54) is 18.4 Å². The molecule has 0 aromatic heterocycles. The molecule has 0 spiro atoms. The highest BCUT2D eigenvalue weighted by Crippen LogP contribution is 2.44. The Morgan fingerprint density at radius 3 is 2.29 bits per heavy atom. The van der Waals surface area contributed by atoms with E-state index in [-0.39, 0.29) is 11.3 Å². The number of amides is 1. The zero-order chi connectivity index (χ0) is 20.0. The zero-order valence-corrected chi connectivity index (χ0v) is 16.9. The second kappa shape index (κ2) is 9.00. The third kappa shape index (κ3) is 4.24. The first-order chi connectivity index (χ1) is 13.6. The van der Waals surface area contributed by atoms with Crippen molar-refractivity contribution in [2.45, 2.75) is 37.5 Å². The summed E-state index contributed by atoms with van der Waals surface area (Å²) in [6, 6.07) is 13.7. The van der Waals surface area contributed by atoms with Crippen molar-refractivity contribution in [2.24, 2.45) is 0 Å². The summed E-state index contributed by atoms with van der Waals surface area (Å²) in [5, 5.41) is 3.16. The van der Waals surface area contributed by atoms with E-state index in [0.717, 1.165) is 24.2 Å². The molecule has 5 heteroatoms. The maximum absolute atomic E-state index is 12.6. The molecule has 2 aromatic rings. The first kappa shape index (κ1) is 20.1. The van der Waals surface area contributed by atoms with Crippen LogP contribution in [0.15, 0.2) is 42.5 Å². The van der Waals surface area contributed by atoms with Crippen LogP contribution in [0.25, 0.3) is 0 Å². The fraction of sp³-hybridized carbons (Fsp3) is 0.435. The fourth-order valence-electron chi connectivity index (χ4n) is 4.18. The smallest absolute Gasteiger partial charge is 0.224 e. The SMILES string of the molecule is COc1ccc(CC(=O)NCC2(c3ccccc3OC)CCCC2)cc1OC. The van der Waals surface area contributed by atoms with Crippen molar-refractivity contribution in [1.82, 2.24) is 5.32 Å². The Hall–Kier alpha value is -2.69. The second-order valence-electron chi connectivity index (χ2n) is 7.33. The number of ether oxygens (including phenoxy) is 3. The van der Waals surface area contributed by atoms with Crippen LogP contribution >= 0.6 is 0 Å². The molecule has 0 saturated heterocycles. The van der Waals surface area contributed by atoms with Gasteiger partial charge in [-0.25, -0.2) is 0 Å². The molecule has 0 bridgehead atoms. The maximum Gasteiger partial charge on any atom is 0.224 e. The van der Waals surface area contributed by atoms with E-state index in [1.807, 2.05) is 36.4 Å². The van der Waals surface area contributed by atoms with Crippen LogP contribution in [0.3, 0.4) is 0 Å². The van der Waals surface area contributed by atoms with Crippen molar-refractivity contribution >= 4 is 5.91 Å². The number of hydrogen-bond acceptors (Lipinski definition) is 4. The summed E-state index contributed by atoms with van der Waals surface area (Å²) in [5.41, 5.74) is 2.04. The molecule has 0 radical (unpaired) electrons. The van der Waals surface area contributed by atoms with Gasteiger partial charge in [-0.05, 0) is 36.6 Å². The minimum Gasteiger partial charge on any atom is -0.496 e. The molecule has 5 nitrogen and oxygen atoms in total. The zero-order valence-electron chi connectivity index (χ0n) is 16.9. The van der Waals surface area contributed by atoms with E-state index in [1.54, 1.807) is 21.3 Å². The number of nitrogens with one attached hydrogen (secondary N) is 1. The van der Waals surface area contributed by atoms with Gasteiger partial charge >= 0.3 is 0 Å². The Bertz CT molecular complexity index is 812. The lowest BCUT2D eigenvalue weighted by atomic mass is 9.78. The third-order valence-electron chi connectivity index (χ3n) is 5.68. The summed E-state index contributed by atoms with van der Waals surface area (Å²) < 4.78 is 16.2. The molecule has 1 saturated carbocycles. The Labute approximate surface area is 167 Å². The van der Waals surface area contributed by atoms with Gasteiger partial charge in [0, 0.05) is 17.5 Å². The molecule has 1 N–H and O–H groups in total. The number of hydrogen-bond donors (Lipinski definition) is 1. The highest BCUT2D eigenvalue weighted by atomic mass is 16.5. The lowest BCUT2D eigenvalue weighted by Gasteiger charge is -2.31. The number of carbonyl (C=O) groups is 1. The molecule has 28 heavy (non-hydrogen) atoms. The summed E-state index contributed by atoms with van der Waals surface area (Å²) in [6.45, 7) is 0.625. The lowest BCUT2D eigenvalue weighted by Crippen LogP contribution is -2.39. The minimum absolute atomic E-state index is 0.00777. The summed E-state index contributed by atoms with van der Waals surface area (Å²) >= 11 is 0. The minimum atomic E-state index is -0.0557. The van der Waals surface area contributed by atoms with Crippen molar-refractivity contribution in [3.05, 3.63) is 53.6 Å². The van der Waals surface area contributed by atoms with E-state index in [9.17, 15) is 4.79 Å². The monoisotopic (exact) mass is 383 g/mol. The Morgan fingerprint density at radius 1 is 0.929 bits per heavy atom. The summed E-state index contributed by atoms with van der Waals surface area (Å²) in [6.07, 6.45) is 4.77. The third-order valence-corrected chi connectivity index (χ3v) is 5.68. The van der Waals surface area contributed by atoms with Crippen molar-refractivity contribution < 1.29 is 19.0 Å². The molecule has 1 fully saturated rings. The normalized spacial score (nSPS) is 15.1. The number of para-hydroxylation sites is 1. The van der Waals surface area contributed by atoms with Crippen LogP contribution in [0.1, 0.15) is 36.8 Å². The molecule has 1 aliphatic rings. The molecule has 150 valence electrons.